The molecule has 0 amide bonds. The van der Waals surface area contributed by atoms with Gasteiger partial charge in [-0.05, 0) is 39.7 Å². The molecular weight excluding hydrogens is 174 g/mol. The van der Waals surface area contributed by atoms with Gasteiger partial charge in [-0.1, -0.05) is 19.8 Å². The molecule has 0 radical (unpaired) electrons. The zero-order chi connectivity index (χ0) is 10.6. The molecule has 14 heavy (non-hydrogen) atoms. The Hall–Kier alpha value is -0.0800. The molecule has 1 saturated carbocycles. The van der Waals surface area contributed by atoms with Crippen LogP contribution in [0.4, 0.5) is 0 Å². The van der Waals surface area contributed by atoms with Crippen molar-refractivity contribution in [1.82, 2.24) is 5.32 Å². The predicted octanol–water partition coefficient (Wildman–Crippen LogP) is 2.58. The highest BCUT2D eigenvalue weighted by atomic mass is 16.5. The first-order valence-electron chi connectivity index (χ1n) is 5.87. The van der Waals surface area contributed by atoms with Crippen molar-refractivity contribution in [3.8, 4) is 0 Å². The second kappa shape index (κ2) is 5.13. The van der Waals surface area contributed by atoms with E-state index in [1.54, 1.807) is 0 Å². The average Bonchev–Trinajstić information content (AvgIpc) is 2.08. The summed E-state index contributed by atoms with van der Waals surface area (Å²) in [4.78, 5) is 0. The molecular formula is C12H25NO. The van der Waals surface area contributed by atoms with Gasteiger partial charge in [0.25, 0.3) is 0 Å². The van der Waals surface area contributed by atoms with Crippen LogP contribution in [0.15, 0.2) is 0 Å². The molecule has 2 atom stereocenters. The standard InChI is InChI=1S/C12H25NO/c1-10-7-5-6-8-11(10)14-12(2,3)9-13-4/h10-11,13H,5-9H2,1-4H3. The van der Waals surface area contributed by atoms with Crippen LogP contribution >= 0.6 is 0 Å². The Morgan fingerprint density at radius 2 is 1.93 bits per heavy atom. The Morgan fingerprint density at radius 1 is 1.29 bits per heavy atom. The maximum absolute atomic E-state index is 6.17. The number of hydrogen-bond donors (Lipinski definition) is 1. The van der Waals surface area contributed by atoms with Crippen LogP contribution < -0.4 is 5.32 Å². The monoisotopic (exact) mass is 199 g/mol. The van der Waals surface area contributed by atoms with E-state index in [4.69, 9.17) is 4.74 Å². The third-order valence-corrected chi connectivity index (χ3v) is 3.11. The fourth-order valence-corrected chi connectivity index (χ4v) is 2.33. The van der Waals surface area contributed by atoms with E-state index >= 15 is 0 Å². The van der Waals surface area contributed by atoms with Gasteiger partial charge in [0.2, 0.25) is 0 Å². The molecule has 1 aliphatic rings. The van der Waals surface area contributed by atoms with E-state index in [9.17, 15) is 0 Å². The Labute approximate surface area is 88.4 Å². The van der Waals surface area contributed by atoms with Crippen molar-refractivity contribution in [3.05, 3.63) is 0 Å². The molecule has 0 aromatic heterocycles. The molecule has 0 spiro atoms. The maximum atomic E-state index is 6.17. The van der Waals surface area contributed by atoms with Crippen LogP contribution in [0.1, 0.15) is 46.5 Å². The minimum atomic E-state index is -0.0228. The summed E-state index contributed by atoms with van der Waals surface area (Å²) in [6, 6.07) is 0. The Balaban J connectivity index is 2.40. The third-order valence-electron chi connectivity index (χ3n) is 3.11. The number of likely N-dealkylation sites (N-methyl/N-ethyl adjacent to an activating group) is 1. The molecule has 1 fully saturated rings. The number of rotatable bonds is 4. The Morgan fingerprint density at radius 3 is 2.50 bits per heavy atom. The van der Waals surface area contributed by atoms with Crippen LogP contribution in [-0.2, 0) is 4.74 Å². The third kappa shape index (κ3) is 3.58. The SMILES string of the molecule is CNCC(C)(C)OC1CCCCC1C. The fourth-order valence-electron chi connectivity index (χ4n) is 2.33. The summed E-state index contributed by atoms with van der Waals surface area (Å²) >= 11 is 0. The fraction of sp³-hybridized carbons (Fsp3) is 1.00. The van der Waals surface area contributed by atoms with E-state index in [0.717, 1.165) is 12.5 Å². The number of ether oxygens (including phenoxy) is 1. The molecule has 0 bridgehead atoms. The molecule has 84 valence electrons. The molecule has 2 heteroatoms. The lowest BCUT2D eigenvalue weighted by Gasteiger charge is -2.36. The summed E-state index contributed by atoms with van der Waals surface area (Å²) in [5, 5.41) is 3.19. The first kappa shape index (κ1) is 12.0. The van der Waals surface area contributed by atoms with Crippen molar-refractivity contribution in [2.75, 3.05) is 13.6 Å². The van der Waals surface area contributed by atoms with E-state index in [1.165, 1.54) is 25.7 Å². The lowest BCUT2D eigenvalue weighted by Crippen LogP contribution is -2.42. The van der Waals surface area contributed by atoms with Crippen LogP contribution in [0.5, 0.6) is 0 Å². The van der Waals surface area contributed by atoms with Gasteiger partial charge in [0.1, 0.15) is 0 Å². The van der Waals surface area contributed by atoms with Crippen molar-refractivity contribution in [1.29, 1.82) is 0 Å². The lowest BCUT2D eigenvalue weighted by molar-refractivity contribution is -0.102. The zero-order valence-corrected chi connectivity index (χ0v) is 10.1. The predicted molar refractivity (Wildman–Crippen MR) is 60.5 cm³/mol. The highest BCUT2D eigenvalue weighted by Gasteiger charge is 2.28. The molecule has 0 heterocycles. The van der Waals surface area contributed by atoms with E-state index in [-0.39, 0.29) is 5.60 Å². The quantitative estimate of drug-likeness (QED) is 0.751. The number of nitrogens with one attached hydrogen (secondary N) is 1. The van der Waals surface area contributed by atoms with Gasteiger partial charge >= 0.3 is 0 Å². The first-order chi connectivity index (χ1) is 6.55. The molecule has 0 aliphatic heterocycles. The Bertz CT molecular complexity index is 168. The van der Waals surface area contributed by atoms with Crippen molar-refractivity contribution in [2.24, 2.45) is 5.92 Å². The minimum Gasteiger partial charge on any atom is -0.371 e. The Kier molecular flexibility index (Phi) is 4.39. The number of hydrogen-bond acceptors (Lipinski definition) is 2. The van der Waals surface area contributed by atoms with E-state index < -0.39 is 0 Å². The zero-order valence-electron chi connectivity index (χ0n) is 10.1. The van der Waals surface area contributed by atoms with Crippen LogP contribution in [0.25, 0.3) is 0 Å². The molecule has 1 aliphatic carbocycles. The maximum Gasteiger partial charge on any atom is 0.0754 e. The van der Waals surface area contributed by atoms with Crippen molar-refractivity contribution < 1.29 is 4.74 Å². The normalized spacial score (nSPS) is 29.1. The minimum absolute atomic E-state index is 0.0228. The average molecular weight is 199 g/mol. The summed E-state index contributed by atoms with van der Waals surface area (Å²) in [6.45, 7) is 7.59. The highest BCUT2D eigenvalue weighted by molar-refractivity contribution is 4.79. The van der Waals surface area contributed by atoms with Crippen LogP contribution in [0, 0.1) is 5.92 Å². The highest BCUT2D eigenvalue weighted by Crippen LogP contribution is 2.29. The summed E-state index contributed by atoms with van der Waals surface area (Å²) < 4.78 is 6.17. The van der Waals surface area contributed by atoms with Gasteiger partial charge in [-0.2, -0.15) is 0 Å². The van der Waals surface area contributed by atoms with Crippen molar-refractivity contribution >= 4 is 0 Å². The molecule has 1 rings (SSSR count). The largest absolute Gasteiger partial charge is 0.371 e. The lowest BCUT2D eigenvalue weighted by atomic mass is 9.87. The molecule has 1 N–H and O–H groups in total. The first-order valence-corrected chi connectivity index (χ1v) is 5.87. The van der Waals surface area contributed by atoms with Gasteiger partial charge in [0.15, 0.2) is 0 Å². The summed E-state index contributed by atoms with van der Waals surface area (Å²) in [6.07, 6.45) is 5.78. The van der Waals surface area contributed by atoms with Crippen molar-refractivity contribution in [3.63, 3.8) is 0 Å². The van der Waals surface area contributed by atoms with E-state index in [0.29, 0.717) is 6.10 Å². The summed E-state index contributed by atoms with van der Waals surface area (Å²) in [7, 11) is 1.98. The molecule has 2 nitrogen and oxygen atoms in total. The van der Waals surface area contributed by atoms with Gasteiger partial charge in [-0.15, -0.1) is 0 Å². The molecule has 0 aromatic rings. The van der Waals surface area contributed by atoms with Gasteiger partial charge in [-0.25, -0.2) is 0 Å². The second-order valence-electron chi connectivity index (χ2n) is 5.21. The molecule has 2 unspecified atom stereocenters. The van der Waals surface area contributed by atoms with Crippen LogP contribution in [0.3, 0.4) is 0 Å². The van der Waals surface area contributed by atoms with E-state index in [1.807, 2.05) is 7.05 Å². The van der Waals surface area contributed by atoms with Gasteiger partial charge < -0.3 is 10.1 Å². The molecule has 0 aromatic carbocycles. The van der Waals surface area contributed by atoms with Crippen molar-refractivity contribution in [2.45, 2.75) is 58.2 Å². The summed E-state index contributed by atoms with van der Waals surface area (Å²) in [5.74, 6) is 0.736. The van der Waals surface area contributed by atoms with Gasteiger partial charge in [-0.3, -0.25) is 0 Å². The molecule has 0 saturated heterocycles. The van der Waals surface area contributed by atoms with Gasteiger partial charge in [0.05, 0.1) is 11.7 Å². The second-order valence-corrected chi connectivity index (χ2v) is 5.21. The van der Waals surface area contributed by atoms with Crippen LogP contribution in [0.2, 0.25) is 0 Å². The smallest absolute Gasteiger partial charge is 0.0754 e. The van der Waals surface area contributed by atoms with Crippen LogP contribution in [-0.4, -0.2) is 25.3 Å². The summed E-state index contributed by atoms with van der Waals surface area (Å²) in [5.41, 5.74) is -0.0228. The topological polar surface area (TPSA) is 21.3 Å². The van der Waals surface area contributed by atoms with E-state index in [2.05, 4.69) is 26.1 Å². The van der Waals surface area contributed by atoms with Gasteiger partial charge in [0, 0.05) is 6.54 Å².